The van der Waals surface area contributed by atoms with Crippen LogP contribution in [0, 0.1) is 11.5 Å². The van der Waals surface area contributed by atoms with Gasteiger partial charge in [-0.25, -0.2) is 4.79 Å². The Hall–Kier alpha value is -1.42. The van der Waals surface area contributed by atoms with E-state index in [4.69, 9.17) is 11.0 Å². The lowest BCUT2D eigenvalue weighted by Crippen LogP contribution is -2.31. The zero-order chi connectivity index (χ0) is 10.1. The molecule has 0 aromatic heterocycles. The van der Waals surface area contributed by atoms with Gasteiger partial charge in [0.25, 0.3) is 0 Å². The summed E-state index contributed by atoms with van der Waals surface area (Å²) in [5, 5.41) is 13.6. The van der Waals surface area contributed by atoms with Gasteiger partial charge >= 0.3 is 6.03 Å². The highest BCUT2D eigenvalue weighted by molar-refractivity contribution is 8.13. The van der Waals surface area contributed by atoms with Crippen LogP contribution in [-0.4, -0.2) is 30.5 Å². The van der Waals surface area contributed by atoms with Crippen LogP contribution in [-0.2, 0) is 0 Å². The van der Waals surface area contributed by atoms with Crippen molar-refractivity contribution in [3.05, 3.63) is 0 Å². The van der Waals surface area contributed by atoms with Gasteiger partial charge in [-0.3, -0.25) is 10.3 Å². The molecule has 0 saturated heterocycles. The molecule has 0 radical (unpaired) electrons. The maximum Gasteiger partial charge on any atom is 0.312 e. The Kier molecular flexibility index (Phi) is 6.45. The zero-order valence-corrected chi connectivity index (χ0v) is 8.02. The van der Waals surface area contributed by atoms with Gasteiger partial charge in [-0.1, -0.05) is 11.8 Å². The van der Waals surface area contributed by atoms with Crippen molar-refractivity contribution in [2.75, 3.05) is 19.3 Å². The number of nitrogens with zero attached hydrogens (tertiary/aromatic N) is 2. The molecular formula is C6H11N5OS. The third-order valence-electron chi connectivity index (χ3n) is 1.02. The summed E-state index contributed by atoms with van der Waals surface area (Å²) < 4.78 is 0. The Morgan fingerprint density at radius 2 is 2.46 bits per heavy atom. The molecule has 0 unspecified atom stereocenters. The molecule has 0 aliphatic carbocycles. The second kappa shape index (κ2) is 7.24. The van der Waals surface area contributed by atoms with Gasteiger partial charge in [0.1, 0.15) is 0 Å². The van der Waals surface area contributed by atoms with E-state index in [0.717, 1.165) is 0 Å². The predicted molar refractivity (Wildman–Crippen MR) is 52.2 cm³/mol. The van der Waals surface area contributed by atoms with Crippen molar-refractivity contribution in [1.29, 1.82) is 5.26 Å². The van der Waals surface area contributed by atoms with Crippen LogP contribution in [0.15, 0.2) is 4.99 Å². The highest BCUT2D eigenvalue weighted by atomic mass is 32.2. The number of hydrogen-bond acceptors (Lipinski definition) is 4. The first-order valence-corrected chi connectivity index (χ1v) is 4.70. The second-order valence-corrected chi connectivity index (χ2v) is 2.71. The summed E-state index contributed by atoms with van der Waals surface area (Å²) in [4.78, 5) is 14.2. The Morgan fingerprint density at radius 3 is 2.92 bits per heavy atom. The molecule has 0 aromatic carbocycles. The molecule has 72 valence electrons. The van der Waals surface area contributed by atoms with E-state index in [-0.39, 0.29) is 0 Å². The molecular weight excluding hydrogens is 190 g/mol. The van der Waals surface area contributed by atoms with Crippen molar-refractivity contribution >= 4 is 23.0 Å². The second-order valence-electron chi connectivity index (χ2n) is 1.92. The van der Waals surface area contributed by atoms with Gasteiger partial charge < -0.3 is 11.1 Å². The monoisotopic (exact) mass is 201 g/mol. The normalized spacial score (nSPS) is 10.3. The van der Waals surface area contributed by atoms with Gasteiger partial charge in [0.05, 0.1) is 6.54 Å². The predicted octanol–water partition coefficient (Wildman–Crippen LogP) is -0.556. The molecule has 0 rings (SSSR count). The number of urea groups is 1. The van der Waals surface area contributed by atoms with Crippen molar-refractivity contribution in [3.63, 3.8) is 0 Å². The van der Waals surface area contributed by atoms with E-state index in [1.807, 2.05) is 0 Å². The lowest BCUT2D eigenvalue weighted by atomic mass is 10.6. The molecule has 0 saturated carbocycles. The van der Waals surface area contributed by atoms with E-state index in [0.29, 0.717) is 18.3 Å². The number of aliphatic imine (C=N–C) groups is 1. The van der Waals surface area contributed by atoms with E-state index in [9.17, 15) is 4.79 Å². The van der Waals surface area contributed by atoms with Crippen molar-refractivity contribution in [3.8, 4) is 6.19 Å². The van der Waals surface area contributed by atoms with Crippen molar-refractivity contribution < 1.29 is 4.79 Å². The van der Waals surface area contributed by atoms with Crippen LogP contribution < -0.4 is 16.4 Å². The van der Waals surface area contributed by atoms with E-state index in [2.05, 4.69) is 15.6 Å². The number of amides is 2. The molecule has 0 bridgehead atoms. The Labute approximate surface area is 80.6 Å². The highest BCUT2D eigenvalue weighted by Crippen LogP contribution is 1.93. The first-order valence-electron chi connectivity index (χ1n) is 3.47. The summed E-state index contributed by atoms with van der Waals surface area (Å²) in [5.41, 5.74) is 4.83. The number of nitriles is 1. The molecule has 0 spiro atoms. The Morgan fingerprint density at radius 1 is 1.77 bits per heavy atom. The summed E-state index contributed by atoms with van der Waals surface area (Å²) in [5.74, 6) is 0. The summed E-state index contributed by atoms with van der Waals surface area (Å²) in [6, 6.07) is -0.575. The van der Waals surface area contributed by atoms with Gasteiger partial charge in [-0.15, -0.1) is 0 Å². The molecule has 0 fully saturated rings. The maximum absolute atomic E-state index is 10.2. The van der Waals surface area contributed by atoms with Crippen LogP contribution in [0.4, 0.5) is 4.79 Å². The summed E-state index contributed by atoms with van der Waals surface area (Å²) in [6.45, 7) is 0.764. The summed E-state index contributed by atoms with van der Waals surface area (Å²) in [7, 11) is 0. The van der Waals surface area contributed by atoms with Crippen molar-refractivity contribution in [1.82, 2.24) is 10.6 Å². The minimum Gasteiger partial charge on any atom is -0.352 e. The number of carbonyl (C=O) groups is 1. The molecule has 0 aliphatic heterocycles. The lowest BCUT2D eigenvalue weighted by molar-refractivity contribution is 0.249. The van der Waals surface area contributed by atoms with Crippen LogP contribution >= 0.6 is 11.8 Å². The third-order valence-corrected chi connectivity index (χ3v) is 1.64. The summed E-state index contributed by atoms with van der Waals surface area (Å²) >= 11 is 1.33. The molecule has 13 heavy (non-hydrogen) atoms. The molecule has 4 N–H and O–H groups in total. The fraction of sp³-hybridized carbons (Fsp3) is 0.500. The van der Waals surface area contributed by atoms with E-state index >= 15 is 0 Å². The average Bonchev–Trinajstić information content (AvgIpc) is 2.10. The van der Waals surface area contributed by atoms with Crippen LogP contribution in [0.3, 0.4) is 0 Å². The molecule has 0 heterocycles. The maximum atomic E-state index is 10.2. The van der Waals surface area contributed by atoms with E-state index in [1.54, 1.807) is 12.4 Å². The lowest BCUT2D eigenvalue weighted by Gasteiger charge is -2.00. The number of nitrogens with two attached hydrogens (primary N) is 1. The molecule has 0 aliphatic rings. The molecule has 0 atom stereocenters. The number of carbonyl (C=O) groups excluding carboxylic acids is 1. The molecule has 7 heteroatoms. The number of rotatable bonds is 3. The topological polar surface area (TPSA) is 103 Å². The fourth-order valence-electron chi connectivity index (χ4n) is 0.539. The van der Waals surface area contributed by atoms with Crippen molar-refractivity contribution in [2.45, 2.75) is 0 Å². The standard InChI is InChI=1S/C6H11N5OS/c1-13-6(11-4-7)10-3-2-9-5(8)12/h2-3H2,1H3,(H,10,11)(H3,8,9,12). The Bertz CT molecular complexity index is 234. The highest BCUT2D eigenvalue weighted by Gasteiger charge is 1.93. The minimum absolute atomic E-state index is 0.368. The fourth-order valence-corrected chi connectivity index (χ4v) is 0.908. The van der Waals surface area contributed by atoms with Gasteiger partial charge in [0, 0.05) is 6.54 Å². The molecule has 2 amide bonds. The van der Waals surface area contributed by atoms with Gasteiger partial charge in [-0.05, 0) is 6.26 Å². The Balaban J connectivity index is 3.68. The van der Waals surface area contributed by atoms with Gasteiger partial charge in [0.15, 0.2) is 11.4 Å². The number of hydrogen-bond donors (Lipinski definition) is 3. The van der Waals surface area contributed by atoms with Crippen LogP contribution in [0.2, 0.25) is 0 Å². The largest absolute Gasteiger partial charge is 0.352 e. The van der Waals surface area contributed by atoms with Crippen LogP contribution in [0.25, 0.3) is 0 Å². The first kappa shape index (κ1) is 11.6. The van der Waals surface area contributed by atoms with E-state index < -0.39 is 6.03 Å². The number of thioether (sulfide) groups is 1. The number of nitrogens with one attached hydrogen (secondary N) is 2. The minimum atomic E-state index is -0.575. The summed E-state index contributed by atoms with van der Waals surface area (Å²) in [6.07, 6.45) is 3.55. The van der Waals surface area contributed by atoms with Gasteiger partial charge in [-0.2, -0.15) is 5.26 Å². The van der Waals surface area contributed by atoms with E-state index in [1.165, 1.54) is 11.8 Å². The third kappa shape index (κ3) is 6.96. The quantitative estimate of drug-likeness (QED) is 0.187. The van der Waals surface area contributed by atoms with Crippen LogP contribution in [0.1, 0.15) is 0 Å². The molecule has 6 nitrogen and oxygen atoms in total. The smallest absolute Gasteiger partial charge is 0.312 e. The zero-order valence-electron chi connectivity index (χ0n) is 7.20. The number of amidine groups is 1. The molecule has 0 aromatic rings. The SMILES string of the molecule is CSC(=NCCNC(N)=O)NC#N. The number of primary amides is 1. The van der Waals surface area contributed by atoms with Gasteiger partial charge in [0.2, 0.25) is 0 Å². The first-order chi connectivity index (χ1) is 6.20. The van der Waals surface area contributed by atoms with Crippen molar-refractivity contribution in [2.24, 2.45) is 10.7 Å². The average molecular weight is 201 g/mol. The van der Waals surface area contributed by atoms with Crippen LogP contribution in [0.5, 0.6) is 0 Å².